The van der Waals surface area contributed by atoms with Gasteiger partial charge in [0.1, 0.15) is 0 Å². The summed E-state index contributed by atoms with van der Waals surface area (Å²) in [5, 5.41) is 10.6. The highest BCUT2D eigenvalue weighted by Crippen LogP contribution is 2.09. The van der Waals surface area contributed by atoms with E-state index in [2.05, 4.69) is 42.8 Å². The summed E-state index contributed by atoms with van der Waals surface area (Å²) >= 11 is 0. The molecule has 0 aliphatic carbocycles. The molecule has 2 unspecified atom stereocenters. The number of allylic oxidation sites excluding steroid dienone is 2. The molecule has 1 aliphatic heterocycles. The van der Waals surface area contributed by atoms with Gasteiger partial charge in [0.15, 0.2) is 0 Å². The van der Waals surface area contributed by atoms with Gasteiger partial charge in [-0.05, 0) is 45.7 Å². The van der Waals surface area contributed by atoms with Crippen LogP contribution in [0.5, 0.6) is 0 Å². The van der Waals surface area contributed by atoms with Crippen molar-refractivity contribution in [2.75, 3.05) is 32.7 Å². The second-order valence-corrected chi connectivity index (χ2v) is 5.64. The minimum absolute atomic E-state index is 0.657. The van der Waals surface area contributed by atoms with Crippen molar-refractivity contribution >= 4 is 0 Å². The van der Waals surface area contributed by atoms with Crippen molar-refractivity contribution in [2.45, 2.75) is 46.1 Å². The summed E-state index contributed by atoms with van der Waals surface area (Å²) in [5.41, 5.74) is 1.44. The molecule has 0 saturated carbocycles. The fraction of sp³-hybridized carbons (Fsp3) is 0.867. The molecule has 0 bridgehead atoms. The summed E-state index contributed by atoms with van der Waals surface area (Å²) in [6, 6.07) is 0.657. The largest absolute Gasteiger partial charge is 0.316 e. The standard InChI is InChI=1S/C15H31N3/c1-4-14(6-5-13(2)3)11-16-8-7-15-12-17-9-10-18-15/h5,14-18H,4,6-12H2,1-3H3. The van der Waals surface area contributed by atoms with E-state index in [0.29, 0.717) is 6.04 Å². The number of hydrogen-bond donors (Lipinski definition) is 3. The van der Waals surface area contributed by atoms with Crippen LogP contribution in [0.15, 0.2) is 11.6 Å². The van der Waals surface area contributed by atoms with Gasteiger partial charge in [0.05, 0.1) is 0 Å². The van der Waals surface area contributed by atoms with Crippen LogP contribution in [0, 0.1) is 5.92 Å². The Labute approximate surface area is 113 Å². The van der Waals surface area contributed by atoms with Gasteiger partial charge < -0.3 is 16.0 Å². The molecule has 0 aromatic carbocycles. The Morgan fingerprint density at radius 3 is 2.83 bits per heavy atom. The van der Waals surface area contributed by atoms with Gasteiger partial charge in [-0.2, -0.15) is 0 Å². The third-order valence-electron chi connectivity index (χ3n) is 3.66. The lowest BCUT2D eigenvalue weighted by molar-refractivity contribution is 0.382. The minimum Gasteiger partial charge on any atom is -0.316 e. The molecule has 1 saturated heterocycles. The monoisotopic (exact) mass is 253 g/mol. The van der Waals surface area contributed by atoms with Crippen molar-refractivity contribution in [3.05, 3.63) is 11.6 Å². The first-order valence-electron chi connectivity index (χ1n) is 7.50. The van der Waals surface area contributed by atoms with E-state index in [9.17, 15) is 0 Å². The first kappa shape index (κ1) is 15.7. The number of rotatable bonds is 8. The zero-order valence-electron chi connectivity index (χ0n) is 12.4. The first-order chi connectivity index (χ1) is 8.72. The second-order valence-electron chi connectivity index (χ2n) is 5.64. The molecule has 106 valence electrons. The quantitative estimate of drug-likeness (QED) is 0.457. The molecule has 18 heavy (non-hydrogen) atoms. The zero-order valence-corrected chi connectivity index (χ0v) is 12.4. The molecular formula is C15H31N3. The van der Waals surface area contributed by atoms with Crippen LogP contribution in [0.4, 0.5) is 0 Å². The van der Waals surface area contributed by atoms with Crippen molar-refractivity contribution < 1.29 is 0 Å². The summed E-state index contributed by atoms with van der Waals surface area (Å²) in [6.45, 7) is 12.3. The molecule has 2 atom stereocenters. The van der Waals surface area contributed by atoms with Gasteiger partial charge >= 0.3 is 0 Å². The van der Waals surface area contributed by atoms with Crippen molar-refractivity contribution in [1.82, 2.24) is 16.0 Å². The first-order valence-corrected chi connectivity index (χ1v) is 7.50. The highest BCUT2D eigenvalue weighted by atomic mass is 15.1. The third-order valence-corrected chi connectivity index (χ3v) is 3.66. The average molecular weight is 253 g/mol. The summed E-state index contributed by atoms with van der Waals surface area (Å²) < 4.78 is 0. The minimum atomic E-state index is 0.657. The van der Waals surface area contributed by atoms with Gasteiger partial charge in [-0.1, -0.05) is 25.0 Å². The van der Waals surface area contributed by atoms with Crippen LogP contribution in [-0.2, 0) is 0 Å². The van der Waals surface area contributed by atoms with Gasteiger partial charge in [-0.15, -0.1) is 0 Å². The Morgan fingerprint density at radius 1 is 1.39 bits per heavy atom. The number of nitrogens with one attached hydrogen (secondary N) is 3. The molecule has 1 fully saturated rings. The van der Waals surface area contributed by atoms with Crippen LogP contribution in [0.2, 0.25) is 0 Å². The smallest absolute Gasteiger partial charge is 0.0205 e. The van der Waals surface area contributed by atoms with E-state index in [1.165, 1.54) is 24.8 Å². The molecule has 0 spiro atoms. The Balaban J connectivity index is 2.05. The normalized spacial score (nSPS) is 21.6. The Morgan fingerprint density at radius 2 is 2.22 bits per heavy atom. The second kappa shape index (κ2) is 9.54. The maximum atomic E-state index is 3.61. The van der Waals surface area contributed by atoms with Crippen LogP contribution in [-0.4, -0.2) is 38.8 Å². The molecule has 1 aliphatic rings. The Kier molecular flexibility index (Phi) is 8.31. The molecule has 0 aromatic heterocycles. The van der Waals surface area contributed by atoms with Gasteiger partial charge in [-0.3, -0.25) is 0 Å². The Hall–Kier alpha value is -0.380. The van der Waals surface area contributed by atoms with Crippen LogP contribution in [0.1, 0.15) is 40.0 Å². The van der Waals surface area contributed by atoms with Crippen LogP contribution in [0.3, 0.4) is 0 Å². The fourth-order valence-electron chi connectivity index (χ4n) is 2.30. The van der Waals surface area contributed by atoms with E-state index in [1.807, 2.05) is 0 Å². The lowest BCUT2D eigenvalue weighted by Gasteiger charge is -2.25. The molecule has 3 N–H and O–H groups in total. The summed E-state index contributed by atoms with van der Waals surface area (Å²) in [5.74, 6) is 0.789. The fourth-order valence-corrected chi connectivity index (χ4v) is 2.30. The predicted molar refractivity (Wildman–Crippen MR) is 80.0 cm³/mol. The summed E-state index contributed by atoms with van der Waals surface area (Å²) in [4.78, 5) is 0. The van der Waals surface area contributed by atoms with E-state index in [0.717, 1.165) is 38.6 Å². The summed E-state index contributed by atoms with van der Waals surface area (Å²) in [6.07, 6.45) is 6.07. The SMILES string of the molecule is CCC(CC=C(C)C)CNCCC1CNCCN1. The van der Waals surface area contributed by atoms with E-state index in [1.54, 1.807) is 0 Å². The zero-order chi connectivity index (χ0) is 13.2. The van der Waals surface area contributed by atoms with E-state index < -0.39 is 0 Å². The molecule has 0 radical (unpaired) electrons. The predicted octanol–water partition coefficient (Wildman–Crippen LogP) is 1.91. The topological polar surface area (TPSA) is 36.1 Å². The van der Waals surface area contributed by atoms with Crippen molar-refractivity contribution in [3.8, 4) is 0 Å². The van der Waals surface area contributed by atoms with Crippen molar-refractivity contribution in [1.29, 1.82) is 0 Å². The van der Waals surface area contributed by atoms with Gasteiger partial charge in [-0.25, -0.2) is 0 Å². The maximum Gasteiger partial charge on any atom is 0.0205 e. The van der Waals surface area contributed by atoms with Gasteiger partial charge in [0.25, 0.3) is 0 Å². The number of piperazine rings is 1. The lowest BCUT2D eigenvalue weighted by atomic mass is 10.0. The number of hydrogen-bond acceptors (Lipinski definition) is 3. The van der Waals surface area contributed by atoms with E-state index >= 15 is 0 Å². The highest BCUT2D eigenvalue weighted by Gasteiger charge is 2.11. The molecule has 1 rings (SSSR count). The maximum absolute atomic E-state index is 3.61. The lowest BCUT2D eigenvalue weighted by Crippen LogP contribution is -2.49. The van der Waals surface area contributed by atoms with E-state index in [4.69, 9.17) is 0 Å². The van der Waals surface area contributed by atoms with Gasteiger partial charge in [0, 0.05) is 25.7 Å². The van der Waals surface area contributed by atoms with Crippen LogP contribution >= 0.6 is 0 Å². The molecular weight excluding hydrogens is 222 g/mol. The molecule has 0 amide bonds. The third kappa shape index (κ3) is 7.14. The van der Waals surface area contributed by atoms with Crippen molar-refractivity contribution in [2.24, 2.45) is 5.92 Å². The molecule has 3 heteroatoms. The van der Waals surface area contributed by atoms with Crippen molar-refractivity contribution in [3.63, 3.8) is 0 Å². The van der Waals surface area contributed by atoms with Crippen LogP contribution < -0.4 is 16.0 Å². The van der Waals surface area contributed by atoms with E-state index in [-0.39, 0.29) is 0 Å². The average Bonchev–Trinajstić information content (AvgIpc) is 2.39. The summed E-state index contributed by atoms with van der Waals surface area (Å²) in [7, 11) is 0. The van der Waals surface area contributed by atoms with Crippen LogP contribution in [0.25, 0.3) is 0 Å². The molecule has 0 aromatic rings. The van der Waals surface area contributed by atoms with Gasteiger partial charge in [0.2, 0.25) is 0 Å². The highest BCUT2D eigenvalue weighted by molar-refractivity contribution is 4.94. The molecule has 1 heterocycles. The molecule has 3 nitrogen and oxygen atoms in total. The Bertz CT molecular complexity index is 228.